The van der Waals surface area contributed by atoms with Crippen molar-refractivity contribution in [1.82, 2.24) is 9.97 Å². The van der Waals surface area contributed by atoms with E-state index in [4.69, 9.17) is 16.9 Å². The van der Waals surface area contributed by atoms with Crippen molar-refractivity contribution in [3.63, 3.8) is 0 Å². The molecule has 0 saturated carbocycles. The highest BCUT2D eigenvalue weighted by atomic mass is 35.5. The Kier molecular flexibility index (Phi) is 4.78. The highest BCUT2D eigenvalue weighted by Gasteiger charge is 2.05. The molecule has 0 amide bonds. The molecule has 0 aliphatic carbocycles. The first-order chi connectivity index (χ1) is 12.0. The third kappa shape index (κ3) is 4.22. The van der Waals surface area contributed by atoms with E-state index in [-0.39, 0.29) is 5.02 Å². The number of aryl methyl sites for hydroxylation is 1. The Hall–Kier alpha value is -3.17. The maximum Gasteiger partial charge on any atom is 0.141 e. The van der Waals surface area contributed by atoms with Crippen LogP contribution in [0, 0.1) is 24.1 Å². The van der Waals surface area contributed by atoms with E-state index in [9.17, 15) is 4.39 Å². The second kappa shape index (κ2) is 7.16. The van der Waals surface area contributed by atoms with Crippen molar-refractivity contribution in [2.24, 2.45) is 0 Å². The van der Waals surface area contributed by atoms with Crippen molar-refractivity contribution >= 4 is 34.6 Å². The second-order valence-corrected chi connectivity index (χ2v) is 5.66. The van der Waals surface area contributed by atoms with E-state index in [1.54, 1.807) is 43.3 Å². The van der Waals surface area contributed by atoms with E-state index >= 15 is 0 Å². The molecule has 5 nitrogen and oxygen atoms in total. The Morgan fingerprint density at radius 1 is 0.960 bits per heavy atom. The maximum absolute atomic E-state index is 13.2. The number of nitriles is 1. The third-order valence-corrected chi connectivity index (χ3v) is 3.61. The third-order valence-electron chi connectivity index (χ3n) is 3.32. The molecule has 0 fully saturated rings. The second-order valence-electron chi connectivity index (χ2n) is 5.25. The molecule has 2 aromatic carbocycles. The molecular formula is C18H13ClFN5. The van der Waals surface area contributed by atoms with Crippen molar-refractivity contribution in [3.05, 3.63) is 70.8 Å². The lowest BCUT2D eigenvalue weighted by Crippen LogP contribution is -2.01. The first-order valence-electron chi connectivity index (χ1n) is 7.38. The summed E-state index contributed by atoms with van der Waals surface area (Å²) < 4.78 is 13.2. The maximum atomic E-state index is 13.2. The number of benzene rings is 2. The molecule has 25 heavy (non-hydrogen) atoms. The number of halogens is 2. The zero-order chi connectivity index (χ0) is 17.8. The molecule has 0 unspecified atom stereocenters. The average Bonchev–Trinajstić information content (AvgIpc) is 2.58. The lowest BCUT2D eigenvalue weighted by molar-refractivity contribution is 0.628. The van der Waals surface area contributed by atoms with Gasteiger partial charge in [0, 0.05) is 17.4 Å². The summed E-state index contributed by atoms with van der Waals surface area (Å²) in [5.41, 5.74) is 2.00. The number of anilines is 4. The minimum atomic E-state index is -0.478. The Morgan fingerprint density at radius 2 is 1.56 bits per heavy atom. The van der Waals surface area contributed by atoms with Crippen LogP contribution in [0.2, 0.25) is 5.02 Å². The minimum absolute atomic E-state index is 0.0340. The number of hydrogen-bond acceptors (Lipinski definition) is 5. The normalized spacial score (nSPS) is 10.2. The number of hydrogen-bond donors (Lipinski definition) is 2. The molecule has 0 aliphatic heterocycles. The predicted octanol–water partition coefficient (Wildman–Crippen LogP) is 4.94. The molecule has 0 bridgehead atoms. The predicted molar refractivity (Wildman–Crippen MR) is 95.9 cm³/mol. The fraction of sp³-hybridized carbons (Fsp3) is 0.0556. The summed E-state index contributed by atoms with van der Waals surface area (Å²) in [7, 11) is 0. The standard InChI is InChI=1S/C18H13ClFN5/c1-11-22-17(24-13-4-2-12(10-21)3-5-13)9-18(23-11)25-14-6-7-16(20)15(19)8-14/h2-9H,1H3,(H2,22,23,24,25). The Morgan fingerprint density at radius 3 is 2.16 bits per heavy atom. The van der Waals surface area contributed by atoms with Gasteiger partial charge in [-0.1, -0.05) is 11.6 Å². The first-order valence-corrected chi connectivity index (χ1v) is 7.76. The highest BCUT2D eigenvalue weighted by molar-refractivity contribution is 6.31. The summed E-state index contributed by atoms with van der Waals surface area (Å²) in [6.45, 7) is 1.77. The largest absolute Gasteiger partial charge is 0.340 e. The zero-order valence-electron chi connectivity index (χ0n) is 13.2. The van der Waals surface area contributed by atoms with Gasteiger partial charge in [0.1, 0.15) is 23.3 Å². The van der Waals surface area contributed by atoms with Gasteiger partial charge in [0.25, 0.3) is 0 Å². The van der Waals surface area contributed by atoms with Crippen molar-refractivity contribution in [2.45, 2.75) is 6.92 Å². The quantitative estimate of drug-likeness (QED) is 0.695. The Labute approximate surface area is 149 Å². The molecule has 3 rings (SSSR count). The summed E-state index contributed by atoms with van der Waals surface area (Å²) in [5, 5.41) is 15.1. The van der Waals surface area contributed by atoms with E-state index in [0.717, 1.165) is 5.69 Å². The zero-order valence-corrected chi connectivity index (χ0v) is 14.0. The van der Waals surface area contributed by atoms with Gasteiger partial charge in [-0.2, -0.15) is 5.26 Å². The van der Waals surface area contributed by atoms with Gasteiger partial charge in [-0.15, -0.1) is 0 Å². The summed E-state index contributed by atoms with van der Waals surface area (Å²) in [4.78, 5) is 8.64. The van der Waals surface area contributed by atoms with E-state index in [1.807, 2.05) is 0 Å². The van der Waals surface area contributed by atoms with Crippen molar-refractivity contribution in [2.75, 3.05) is 10.6 Å². The van der Waals surface area contributed by atoms with Gasteiger partial charge in [0.15, 0.2) is 0 Å². The summed E-state index contributed by atoms with van der Waals surface area (Å²) >= 11 is 5.79. The van der Waals surface area contributed by atoms with Gasteiger partial charge in [-0.3, -0.25) is 0 Å². The van der Waals surface area contributed by atoms with Gasteiger partial charge in [-0.25, -0.2) is 14.4 Å². The van der Waals surface area contributed by atoms with Gasteiger partial charge in [0.2, 0.25) is 0 Å². The first kappa shape index (κ1) is 16.7. The molecule has 0 aliphatic rings. The summed E-state index contributed by atoms with van der Waals surface area (Å²) in [5.74, 6) is 1.22. The Bertz CT molecular complexity index is 951. The van der Waals surface area contributed by atoms with Crippen LogP contribution < -0.4 is 10.6 Å². The number of nitrogens with one attached hydrogen (secondary N) is 2. The van der Waals surface area contributed by atoms with Crippen LogP contribution in [0.15, 0.2) is 48.5 Å². The van der Waals surface area contributed by atoms with Crippen LogP contribution in [0.5, 0.6) is 0 Å². The number of aromatic nitrogens is 2. The van der Waals surface area contributed by atoms with Crippen LogP contribution in [0.1, 0.15) is 11.4 Å². The summed E-state index contributed by atoms with van der Waals surface area (Å²) in [6, 6.07) is 15.2. The van der Waals surface area contributed by atoms with Crippen molar-refractivity contribution in [3.8, 4) is 6.07 Å². The van der Waals surface area contributed by atoms with E-state index in [1.165, 1.54) is 12.1 Å². The fourth-order valence-electron chi connectivity index (χ4n) is 2.19. The van der Waals surface area contributed by atoms with Gasteiger partial charge >= 0.3 is 0 Å². The van der Waals surface area contributed by atoms with Crippen LogP contribution in [0.25, 0.3) is 0 Å². The minimum Gasteiger partial charge on any atom is -0.340 e. The molecule has 7 heteroatoms. The molecule has 1 heterocycles. The lowest BCUT2D eigenvalue weighted by atomic mass is 10.2. The van der Waals surface area contributed by atoms with E-state index in [2.05, 4.69) is 26.7 Å². The van der Waals surface area contributed by atoms with Gasteiger partial charge < -0.3 is 10.6 Å². The van der Waals surface area contributed by atoms with Gasteiger partial charge in [-0.05, 0) is 49.4 Å². The molecule has 2 N–H and O–H groups in total. The van der Waals surface area contributed by atoms with Crippen LogP contribution in [0.4, 0.5) is 27.4 Å². The van der Waals surface area contributed by atoms with Crippen LogP contribution >= 0.6 is 11.6 Å². The molecule has 124 valence electrons. The van der Waals surface area contributed by atoms with Gasteiger partial charge in [0.05, 0.1) is 16.7 Å². The van der Waals surface area contributed by atoms with E-state index < -0.39 is 5.82 Å². The van der Waals surface area contributed by atoms with Crippen LogP contribution in [0.3, 0.4) is 0 Å². The topological polar surface area (TPSA) is 73.6 Å². The fourth-order valence-corrected chi connectivity index (χ4v) is 2.37. The molecule has 0 atom stereocenters. The van der Waals surface area contributed by atoms with E-state index in [0.29, 0.717) is 28.7 Å². The molecule has 3 aromatic rings. The average molecular weight is 354 g/mol. The van der Waals surface area contributed by atoms with Crippen molar-refractivity contribution < 1.29 is 4.39 Å². The van der Waals surface area contributed by atoms with Crippen molar-refractivity contribution in [1.29, 1.82) is 5.26 Å². The Balaban J connectivity index is 1.82. The summed E-state index contributed by atoms with van der Waals surface area (Å²) in [6.07, 6.45) is 0. The van der Waals surface area contributed by atoms with Crippen LogP contribution in [-0.2, 0) is 0 Å². The SMILES string of the molecule is Cc1nc(Nc2ccc(C#N)cc2)cc(Nc2ccc(F)c(Cl)c2)n1. The molecular weight excluding hydrogens is 341 g/mol. The molecule has 0 saturated heterocycles. The molecule has 0 radical (unpaired) electrons. The molecule has 1 aromatic heterocycles. The number of rotatable bonds is 4. The monoisotopic (exact) mass is 353 g/mol. The highest BCUT2D eigenvalue weighted by Crippen LogP contribution is 2.24. The number of nitrogens with zero attached hydrogens (tertiary/aromatic N) is 3. The van der Waals surface area contributed by atoms with Crippen LogP contribution in [-0.4, -0.2) is 9.97 Å². The smallest absolute Gasteiger partial charge is 0.141 e. The molecule has 0 spiro atoms. The lowest BCUT2D eigenvalue weighted by Gasteiger charge is -2.11.